The van der Waals surface area contributed by atoms with Crippen LogP contribution in [0.25, 0.3) is 0 Å². The van der Waals surface area contributed by atoms with Gasteiger partial charge in [-0.25, -0.2) is 4.98 Å². The summed E-state index contributed by atoms with van der Waals surface area (Å²) < 4.78 is 0.769. The Hall–Kier alpha value is -1.44. The first-order chi connectivity index (χ1) is 8.97. The minimum absolute atomic E-state index is 0.00347. The molecule has 7 heteroatoms. The number of hydrogen-bond donors (Lipinski definition) is 1. The molecule has 0 saturated heterocycles. The molecule has 2 aromatic rings. The van der Waals surface area contributed by atoms with Gasteiger partial charge in [0.2, 0.25) is 0 Å². The third kappa shape index (κ3) is 3.31. The lowest BCUT2D eigenvalue weighted by Crippen LogP contribution is -1.96. The van der Waals surface area contributed by atoms with Gasteiger partial charge in [-0.05, 0) is 25.5 Å². The Bertz CT molecular complexity index is 611. The molecule has 0 aliphatic carbocycles. The van der Waals surface area contributed by atoms with E-state index in [1.807, 2.05) is 12.3 Å². The summed E-state index contributed by atoms with van der Waals surface area (Å²) >= 11 is 2.72. The minimum Gasteiger partial charge on any atom is -0.389 e. The van der Waals surface area contributed by atoms with Crippen LogP contribution in [0.15, 0.2) is 32.8 Å². The number of nitro groups is 1. The molecule has 2 rings (SSSR count). The topological polar surface area (TPSA) is 76.3 Å². The number of aromatic nitrogens is 1. The molecule has 1 N–H and O–H groups in total. The molecule has 1 aromatic carbocycles. The number of benzene rings is 1. The van der Waals surface area contributed by atoms with Crippen LogP contribution < -0.4 is 0 Å². The highest BCUT2D eigenvalue weighted by Gasteiger charge is 2.18. The molecule has 0 spiro atoms. The summed E-state index contributed by atoms with van der Waals surface area (Å²) in [6, 6.07) is 4.76. The summed E-state index contributed by atoms with van der Waals surface area (Å²) in [7, 11) is 0. The van der Waals surface area contributed by atoms with E-state index in [2.05, 4.69) is 4.98 Å². The van der Waals surface area contributed by atoms with Crippen molar-refractivity contribution in [2.45, 2.75) is 29.2 Å². The van der Waals surface area contributed by atoms with Crippen molar-refractivity contribution in [3.63, 3.8) is 0 Å². The van der Waals surface area contributed by atoms with E-state index in [1.54, 1.807) is 19.1 Å². The molecule has 0 radical (unpaired) electrons. The summed E-state index contributed by atoms with van der Waals surface area (Å²) in [6.07, 6.45) is -0.722. The van der Waals surface area contributed by atoms with Crippen molar-refractivity contribution >= 4 is 28.8 Å². The third-order valence-corrected chi connectivity index (χ3v) is 4.58. The van der Waals surface area contributed by atoms with Crippen LogP contribution in [0.1, 0.15) is 24.3 Å². The number of nitrogens with zero attached hydrogens (tertiary/aromatic N) is 2. The molecular formula is C12H12N2O3S2. The van der Waals surface area contributed by atoms with E-state index in [0.717, 1.165) is 10.0 Å². The summed E-state index contributed by atoms with van der Waals surface area (Å²) in [4.78, 5) is 15.5. The summed E-state index contributed by atoms with van der Waals surface area (Å²) in [5, 5.41) is 22.5. The van der Waals surface area contributed by atoms with Crippen molar-refractivity contribution in [2.75, 3.05) is 0 Å². The van der Waals surface area contributed by atoms with E-state index >= 15 is 0 Å². The summed E-state index contributed by atoms with van der Waals surface area (Å²) in [6.45, 7) is 3.46. The standard InChI is InChI=1S/C12H12N2O3S2/c1-7-6-18-12(13-7)19-11-4-3-9(8(2)15)5-10(11)14(16)17/h3-6,8,15H,1-2H3. The van der Waals surface area contributed by atoms with Gasteiger partial charge in [-0.3, -0.25) is 10.1 Å². The maximum atomic E-state index is 11.1. The number of nitro benzene ring substituents is 1. The van der Waals surface area contributed by atoms with Gasteiger partial charge < -0.3 is 5.11 Å². The molecule has 100 valence electrons. The zero-order chi connectivity index (χ0) is 14.0. The Morgan fingerprint density at radius 3 is 2.79 bits per heavy atom. The van der Waals surface area contributed by atoms with Crippen LogP contribution in [0.2, 0.25) is 0 Å². The van der Waals surface area contributed by atoms with E-state index < -0.39 is 11.0 Å². The zero-order valence-electron chi connectivity index (χ0n) is 10.4. The van der Waals surface area contributed by atoms with Gasteiger partial charge in [0, 0.05) is 17.1 Å². The summed E-state index contributed by atoms with van der Waals surface area (Å²) in [5.74, 6) is 0. The number of rotatable bonds is 4. The summed E-state index contributed by atoms with van der Waals surface area (Å²) in [5.41, 5.74) is 1.43. The second-order valence-electron chi connectivity index (χ2n) is 4.02. The SMILES string of the molecule is Cc1csc(Sc2ccc(C(C)O)cc2[N+](=O)[O-])n1. The average Bonchev–Trinajstić information content (AvgIpc) is 2.74. The fourth-order valence-electron chi connectivity index (χ4n) is 1.50. The Morgan fingerprint density at radius 2 is 2.26 bits per heavy atom. The van der Waals surface area contributed by atoms with Crippen LogP contribution in [0.5, 0.6) is 0 Å². The van der Waals surface area contributed by atoms with E-state index in [0.29, 0.717) is 10.5 Å². The number of aliphatic hydroxyl groups is 1. The molecule has 19 heavy (non-hydrogen) atoms. The van der Waals surface area contributed by atoms with Crippen molar-refractivity contribution in [1.29, 1.82) is 0 Å². The highest BCUT2D eigenvalue weighted by Crippen LogP contribution is 2.37. The molecule has 1 atom stereocenters. The lowest BCUT2D eigenvalue weighted by atomic mass is 10.1. The molecule has 1 heterocycles. The van der Waals surface area contributed by atoms with Gasteiger partial charge in [-0.15, -0.1) is 11.3 Å². The smallest absolute Gasteiger partial charge is 0.283 e. The quantitative estimate of drug-likeness (QED) is 0.689. The molecular weight excluding hydrogens is 284 g/mol. The molecule has 0 aliphatic rings. The average molecular weight is 296 g/mol. The van der Waals surface area contributed by atoms with Crippen molar-refractivity contribution in [3.05, 3.63) is 45.0 Å². The maximum absolute atomic E-state index is 11.1. The fourth-order valence-corrected chi connectivity index (χ4v) is 3.38. The van der Waals surface area contributed by atoms with E-state index in [9.17, 15) is 15.2 Å². The Balaban J connectivity index is 2.36. The van der Waals surface area contributed by atoms with Crippen LogP contribution in [0, 0.1) is 17.0 Å². The molecule has 1 aromatic heterocycles. The van der Waals surface area contributed by atoms with Gasteiger partial charge in [-0.1, -0.05) is 17.8 Å². The van der Waals surface area contributed by atoms with Gasteiger partial charge >= 0.3 is 0 Å². The lowest BCUT2D eigenvalue weighted by molar-refractivity contribution is -0.387. The zero-order valence-corrected chi connectivity index (χ0v) is 12.0. The second-order valence-corrected chi connectivity index (χ2v) is 6.16. The van der Waals surface area contributed by atoms with Gasteiger partial charge in [0.1, 0.15) is 0 Å². The van der Waals surface area contributed by atoms with Crippen LogP contribution in [0.4, 0.5) is 5.69 Å². The first-order valence-corrected chi connectivity index (χ1v) is 7.23. The van der Waals surface area contributed by atoms with Crippen LogP contribution >= 0.6 is 23.1 Å². The minimum atomic E-state index is -0.722. The molecule has 0 fully saturated rings. The molecule has 0 aliphatic heterocycles. The first kappa shape index (κ1) is 14.0. The van der Waals surface area contributed by atoms with Gasteiger partial charge in [0.25, 0.3) is 5.69 Å². The van der Waals surface area contributed by atoms with Crippen molar-refractivity contribution in [1.82, 2.24) is 4.98 Å². The van der Waals surface area contributed by atoms with Gasteiger partial charge in [0.15, 0.2) is 4.34 Å². The lowest BCUT2D eigenvalue weighted by Gasteiger charge is -2.06. The van der Waals surface area contributed by atoms with Crippen LogP contribution in [-0.4, -0.2) is 15.0 Å². The monoisotopic (exact) mass is 296 g/mol. The second kappa shape index (κ2) is 5.68. The molecule has 0 amide bonds. The number of thiazole rings is 1. The van der Waals surface area contributed by atoms with Crippen LogP contribution in [-0.2, 0) is 0 Å². The van der Waals surface area contributed by atoms with E-state index in [1.165, 1.54) is 29.2 Å². The molecule has 0 saturated carbocycles. The van der Waals surface area contributed by atoms with Gasteiger partial charge in [0.05, 0.1) is 15.9 Å². The largest absolute Gasteiger partial charge is 0.389 e. The first-order valence-electron chi connectivity index (χ1n) is 5.53. The van der Waals surface area contributed by atoms with Crippen molar-refractivity contribution in [2.24, 2.45) is 0 Å². The van der Waals surface area contributed by atoms with Crippen LogP contribution in [0.3, 0.4) is 0 Å². The molecule has 1 unspecified atom stereocenters. The highest BCUT2D eigenvalue weighted by atomic mass is 32.2. The fraction of sp³-hybridized carbons (Fsp3) is 0.250. The third-order valence-electron chi connectivity index (χ3n) is 2.46. The predicted molar refractivity (Wildman–Crippen MR) is 74.7 cm³/mol. The number of hydrogen-bond acceptors (Lipinski definition) is 6. The van der Waals surface area contributed by atoms with E-state index in [4.69, 9.17) is 0 Å². The Labute approximate surface area is 118 Å². The predicted octanol–water partition coefficient (Wildman–Crippen LogP) is 3.56. The van der Waals surface area contributed by atoms with Gasteiger partial charge in [-0.2, -0.15) is 0 Å². The highest BCUT2D eigenvalue weighted by molar-refractivity contribution is 8.01. The van der Waals surface area contributed by atoms with E-state index in [-0.39, 0.29) is 5.69 Å². The molecule has 5 nitrogen and oxygen atoms in total. The molecule has 0 bridgehead atoms. The normalized spacial score (nSPS) is 12.4. The van der Waals surface area contributed by atoms with Crippen molar-refractivity contribution < 1.29 is 10.0 Å². The van der Waals surface area contributed by atoms with Crippen molar-refractivity contribution in [3.8, 4) is 0 Å². The Kier molecular flexibility index (Phi) is 4.18. The Morgan fingerprint density at radius 1 is 1.53 bits per heavy atom. The maximum Gasteiger partial charge on any atom is 0.283 e. The number of aryl methyl sites for hydroxylation is 1. The number of aliphatic hydroxyl groups excluding tert-OH is 1.